The predicted octanol–water partition coefficient (Wildman–Crippen LogP) is 3.23. The molecule has 0 spiro atoms. The van der Waals surface area contributed by atoms with E-state index in [1.165, 1.54) is 16.7 Å². The van der Waals surface area contributed by atoms with Crippen molar-refractivity contribution < 1.29 is 4.90 Å². The van der Waals surface area contributed by atoms with E-state index >= 15 is 0 Å². The smallest absolute Gasteiger partial charge is 0.165 e. The van der Waals surface area contributed by atoms with E-state index in [1.807, 2.05) is 16.8 Å². The Bertz CT molecular complexity index is 1200. The molecule has 31 heavy (non-hydrogen) atoms. The average Bonchev–Trinajstić information content (AvgIpc) is 3.20. The third kappa shape index (κ3) is 3.93. The monoisotopic (exact) mass is 412 g/mol. The largest absolute Gasteiger partial charge is 0.345 e. The maximum Gasteiger partial charge on any atom is 0.165 e. The molecule has 0 unspecified atom stereocenters. The molecule has 1 aliphatic rings. The minimum atomic E-state index is 0.936. The number of hydrogen-bond donors (Lipinski definition) is 1. The Balaban J connectivity index is 1.37. The minimum Gasteiger partial charge on any atom is -0.345 e. The van der Waals surface area contributed by atoms with Gasteiger partial charge in [0.2, 0.25) is 0 Å². The number of piperazine rings is 1. The summed E-state index contributed by atoms with van der Waals surface area (Å²) in [6.45, 7) is 11.9. The first-order valence-corrected chi connectivity index (χ1v) is 11.1. The number of benzene rings is 2. The van der Waals surface area contributed by atoms with Crippen LogP contribution in [0, 0.1) is 20.8 Å². The molecule has 0 bridgehead atoms. The van der Waals surface area contributed by atoms with Crippen LogP contribution >= 0.6 is 0 Å². The standard InChI is InChI=1S/C26H29N5/c1-19-9-10-23(20(2)15-19)18-29-11-13-30(14-12-29)25-16-21(3)28-26-24(17-27-31(25)26)22-7-5-4-6-8-22/h4-10,15-17H,11-14,18H2,1-3H3/p+1. The molecule has 5 nitrogen and oxygen atoms in total. The number of hydrogen-bond acceptors (Lipinski definition) is 3. The van der Waals surface area contributed by atoms with Gasteiger partial charge in [-0.15, -0.1) is 0 Å². The maximum atomic E-state index is 4.82. The average molecular weight is 413 g/mol. The van der Waals surface area contributed by atoms with E-state index in [2.05, 4.69) is 74.2 Å². The Morgan fingerprint density at radius 3 is 2.45 bits per heavy atom. The first kappa shape index (κ1) is 19.8. The fourth-order valence-electron chi connectivity index (χ4n) is 4.65. The van der Waals surface area contributed by atoms with Gasteiger partial charge in [-0.1, -0.05) is 54.1 Å². The Kier molecular flexibility index (Phi) is 5.20. The summed E-state index contributed by atoms with van der Waals surface area (Å²) in [5, 5.41) is 4.72. The lowest BCUT2D eigenvalue weighted by atomic mass is 10.1. The van der Waals surface area contributed by atoms with Crippen LogP contribution in [-0.2, 0) is 6.54 Å². The molecule has 1 saturated heterocycles. The predicted molar refractivity (Wildman–Crippen MR) is 126 cm³/mol. The maximum absolute atomic E-state index is 4.82. The third-order valence-electron chi connectivity index (χ3n) is 6.40. The fourth-order valence-corrected chi connectivity index (χ4v) is 4.65. The second-order valence-electron chi connectivity index (χ2n) is 8.76. The second kappa shape index (κ2) is 8.16. The van der Waals surface area contributed by atoms with E-state index in [0.29, 0.717) is 0 Å². The summed E-state index contributed by atoms with van der Waals surface area (Å²) in [7, 11) is 0. The van der Waals surface area contributed by atoms with Crippen molar-refractivity contribution in [1.82, 2.24) is 14.6 Å². The zero-order chi connectivity index (χ0) is 21.4. The summed E-state index contributed by atoms with van der Waals surface area (Å²) in [5.41, 5.74) is 8.43. The molecular weight excluding hydrogens is 382 g/mol. The van der Waals surface area contributed by atoms with Crippen LogP contribution in [0.5, 0.6) is 0 Å². The number of fused-ring (bicyclic) bond motifs is 1. The van der Waals surface area contributed by atoms with Gasteiger partial charge in [-0.05, 0) is 31.9 Å². The van der Waals surface area contributed by atoms with Crippen LogP contribution in [0.4, 0.5) is 5.82 Å². The van der Waals surface area contributed by atoms with Crippen LogP contribution in [0.2, 0.25) is 0 Å². The number of rotatable bonds is 4. The number of nitrogens with one attached hydrogen (secondary N) is 1. The number of quaternary nitrogens is 1. The van der Waals surface area contributed by atoms with Crippen molar-refractivity contribution in [2.75, 3.05) is 31.1 Å². The van der Waals surface area contributed by atoms with Crippen molar-refractivity contribution in [1.29, 1.82) is 0 Å². The van der Waals surface area contributed by atoms with Gasteiger partial charge >= 0.3 is 0 Å². The van der Waals surface area contributed by atoms with Crippen molar-refractivity contribution in [2.24, 2.45) is 0 Å². The van der Waals surface area contributed by atoms with Gasteiger partial charge in [-0.2, -0.15) is 9.61 Å². The number of nitrogens with zero attached hydrogens (tertiary/aromatic N) is 4. The van der Waals surface area contributed by atoms with E-state index in [-0.39, 0.29) is 0 Å². The Hall–Kier alpha value is -3.18. The van der Waals surface area contributed by atoms with Crippen molar-refractivity contribution >= 4 is 11.5 Å². The number of anilines is 1. The zero-order valence-electron chi connectivity index (χ0n) is 18.6. The van der Waals surface area contributed by atoms with E-state index in [9.17, 15) is 0 Å². The van der Waals surface area contributed by atoms with Gasteiger partial charge < -0.3 is 9.80 Å². The summed E-state index contributed by atoms with van der Waals surface area (Å²) in [4.78, 5) is 8.94. The van der Waals surface area contributed by atoms with Crippen molar-refractivity contribution in [3.63, 3.8) is 0 Å². The topological polar surface area (TPSA) is 37.9 Å². The van der Waals surface area contributed by atoms with Crippen molar-refractivity contribution in [3.8, 4) is 11.1 Å². The lowest BCUT2D eigenvalue weighted by molar-refractivity contribution is -0.914. The summed E-state index contributed by atoms with van der Waals surface area (Å²) >= 11 is 0. The SMILES string of the molecule is Cc1ccc(C[NH+]2CCN(c3cc(C)nc4c(-c5ccccc5)cnn34)CC2)c(C)c1. The molecule has 5 heteroatoms. The highest BCUT2D eigenvalue weighted by atomic mass is 15.4. The van der Waals surface area contributed by atoms with E-state index in [4.69, 9.17) is 10.1 Å². The lowest BCUT2D eigenvalue weighted by Crippen LogP contribution is -3.13. The normalized spacial score (nSPS) is 15.0. The first-order chi connectivity index (χ1) is 15.1. The van der Waals surface area contributed by atoms with Gasteiger partial charge in [0.1, 0.15) is 12.4 Å². The van der Waals surface area contributed by atoms with Crippen LogP contribution in [0.3, 0.4) is 0 Å². The molecule has 1 aliphatic heterocycles. The highest BCUT2D eigenvalue weighted by Gasteiger charge is 2.24. The summed E-state index contributed by atoms with van der Waals surface area (Å²) < 4.78 is 2.02. The Morgan fingerprint density at radius 1 is 0.935 bits per heavy atom. The molecule has 1 N–H and O–H groups in total. The van der Waals surface area contributed by atoms with Crippen LogP contribution in [0.25, 0.3) is 16.8 Å². The molecule has 0 saturated carbocycles. The second-order valence-corrected chi connectivity index (χ2v) is 8.76. The first-order valence-electron chi connectivity index (χ1n) is 11.1. The Morgan fingerprint density at radius 2 is 1.71 bits per heavy atom. The van der Waals surface area contributed by atoms with Gasteiger partial charge in [0.05, 0.1) is 32.4 Å². The lowest BCUT2D eigenvalue weighted by Gasteiger charge is -2.34. The molecule has 158 valence electrons. The molecule has 3 heterocycles. The van der Waals surface area contributed by atoms with Gasteiger partial charge in [-0.25, -0.2) is 4.98 Å². The molecule has 2 aromatic carbocycles. The molecule has 5 rings (SSSR count). The quantitative estimate of drug-likeness (QED) is 0.559. The molecular formula is C26H30N5+. The van der Waals surface area contributed by atoms with Crippen LogP contribution < -0.4 is 9.80 Å². The van der Waals surface area contributed by atoms with Crippen molar-refractivity contribution in [3.05, 3.63) is 83.2 Å². The van der Waals surface area contributed by atoms with Crippen LogP contribution in [0.1, 0.15) is 22.4 Å². The summed E-state index contributed by atoms with van der Waals surface area (Å²) in [6.07, 6.45) is 1.95. The van der Waals surface area contributed by atoms with E-state index in [1.54, 1.807) is 4.90 Å². The zero-order valence-corrected chi connectivity index (χ0v) is 18.6. The Labute approximate surface area is 184 Å². The van der Waals surface area contributed by atoms with Gasteiger partial charge in [0.15, 0.2) is 5.65 Å². The number of aromatic nitrogens is 3. The molecule has 0 radical (unpaired) electrons. The summed E-state index contributed by atoms with van der Waals surface area (Å²) in [5.74, 6) is 1.15. The molecule has 0 amide bonds. The molecule has 4 aromatic rings. The van der Waals surface area contributed by atoms with E-state index in [0.717, 1.165) is 61.0 Å². The van der Waals surface area contributed by atoms with Gasteiger partial charge in [-0.3, -0.25) is 0 Å². The minimum absolute atomic E-state index is 0.936. The summed E-state index contributed by atoms with van der Waals surface area (Å²) in [6, 6.07) is 19.4. The highest BCUT2D eigenvalue weighted by Crippen LogP contribution is 2.27. The fraction of sp³-hybridized carbons (Fsp3) is 0.308. The van der Waals surface area contributed by atoms with Crippen molar-refractivity contribution in [2.45, 2.75) is 27.3 Å². The highest BCUT2D eigenvalue weighted by molar-refractivity contribution is 5.78. The molecule has 0 atom stereocenters. The number of aryl methyl sites for hydroxylation is 3. The van der Waals surface area contributed by atoms with E-state index < -0.39 is 0 Å². The van der Waals surface area contributed by atoms with Gasteiger partial charge in [0.25, 0.3) is 0 Å². The van der Waals surface area contributed by atoms with Crippen LogP contribution in [0.15, 0.2) is 60.8 Å². The molecule has 0 aliphatic carbocycles. The molecule has 2 aromatic heterocycles. The van der Waals surface area contributed by atoms with Crippen LogP contribution in [-0.4, -0.2) is 40.8 Å². The third-order valence-corrected chi connectivity index (χ3v) is 6.40. The van der Waals surface area contributed by atoms with Gasteiger partial charge in [0, 0.05) is 22.9 Å². The molecule has 1 fully saturated rings.